The third-order valence-corrected chi connectivity index (χ3v) is 6.47. The second kappa shape index (κ2) is 10.2. The van der Waals surface area contributed by atoms with Crippen LogP contribution in [0.5, 0.6) is 5.75 Å². The molecule has 2 atom stereocenters. The Balaban J connectivity index is 1.43. The largest absolute Gasteiger partial charge is 0.508 e. The minimum atomic E-state index is -0.360. The molecule has 9 heteroatoms. The van der Waals surface area contributed by atoms with Crippen LogP contribution in [0.1, 0.15) is 29.9 Å². The Morgan fingerprint density at radius 3 is 2.56 bits per heavy atom. The number of phenols is 1. The number of pyridine rings is 1. The van der Waals surface area contributed by atoms with Gasteiger partial charge in [0, 0.05) is 42.4 Å². The van der Waals surface area contributed by atoms with Crippen molar-refractivity contribution >= 4 is 28.9 Å². The minimum absolute atomic E-state index is 0.185. The first kappa shape index (κ1) is 23.5. The Bertz CT molecular complexity index is 1360. The number of hydrogen-bond acceptors (Lipinski definition) is 4. The van der Waals surface area contributed by atoms with E-state index in [0.29, 0.717) is 17.3 Å². The molecule has 4 aromatic rings. The summed E-state index contributed by atoms with van der Waals surface area (Å²) in [6.07, 6.45) is 3.89. The third kappa shape index (κ3) is 4.92. The van der Waals surface area contributed by atoms with E-state index in [2.05, 4.69) is 15.6 Å². The molecule has 2 aromatic heterocycles. The predicted molar refractivity (Wildman–Crippen MR) is 139 cm³/mol. The van der Waals surface area contributed by atoms with Gasteiger partial charge in [0.1, 0.15) is 11.6 Å². The van der Waals surface area contributed by atoms with Gasteiger partial charge in [-0.05, 0) is 85.0 Å². The number of halogens is 1. The van der Waals surface area contributed by atoms with Crippen molar-refractivity contribution in [2.75, 3.05) is 11.9 Å². The molecule has 2 aromatic carbocycles. The maximum Gasteiger partial charge on any atom is 0.226 e. The van der Waals surface area contributed by atoms with Crippen LogP contribution in [0.4, 0.5) is 10.1 Å². The quantitative estimate of drug-likeness (QED) is 0.318. The fourth-order valence-electron chi connectivity index (χ4n) is 4.43. The van der Waals surface area contributed by atoms with Gasteiger partial charge >= 0.3 is 0 Å². The average Bonchev–Trinajstić information content (AvgIpc) is 3.49. The van der Waals surface area contributed by atoms with Gasteiger partial charge in [0.2, 0.25) is 5.91 Å². The summed E-state index contributed by atoms with van der Waals surface area (Å²) in [6, 6.07) is 21.9. The number of aromatic hydroxyl groups is 1. The molecule has 1 fully saturated rings. The third-order valence-electron chi connectivity index (χ3n) is 6.12. The topological polar surface area (TPSA) is 82.4 Å². The highest BCUT2D eigenvalue weighted by atomic mass is 32.1. The van der Waals surface area contributed by atoms with Gasteiger partial charge < -0.3 is 25.2 Å². The lowest BCUT2D eigenvalue weighted by Gasteiger charge is -2.28. The van der Waals surface area contributed by atoms with E-state index in [1.807, 2.05) is 58.1 Å². The highest BCUT2D eigenvalue weighted by Gasteiger charge is 2.41. The van der Waals surface area contributed by atoms with E-state index in [1.165, 1.54) is 24.3 Å². The Morgan fingerprint density at radius 1 is 1.06 bits per heavy atom. The maximum atomic E-state index is 13.2. The summed E-state index contributed by atoms with van der Waals surface area (Å²) in [5.74, 6) is -0.365. The summed E-state index contributed by atoms with van der Waals surface area (Å²) in [5, 5.41) is 16.5. The van der Waals surface area contributed by atoms with E-state index >= 15 is 0 Å². The molecule has 0 aliphatic carbocycles. The fourth-order valence-corrected chi connectivity index (χ4v) is 4.76. The summed E-state index contributed by atoms with van der Waals surface area (Å²) in [7, 11) is 0. The number of hydrogen-bond donors (Lipinski definition) is 3. The number of benzene rings is 2. The lowest BCUT2D eigenvalue weighted by atomic mass is 10.0. The molecule has 7 nitrogen and oxygen atoms in total. The number of aromatic nitrogens is 2. The molecule has 0 saturated carbocycles. The molecular weight excluding hydrogens is 477 g/mol. The van der Waals surface area contributed by atoms with Crippen molar-refractivity contribution in [3.05, 3.63) is 108 Å². The molecule has 36 heavy (non-hydrogen) atoms. The van der Waals surface area contributed by atoms with Crippen LogP contribution >= 0.6 is 12.2 Å². The lowest BCUT2D eigenvalue weighted by Crippen LogP contribution is -2.33. The number of nitrogens with zero attached hydrogens (tertiary/aromatic N) is 3. The van der Waals surface area contributed by atoms with E-state index in [0.717, 1.165) is 17.1 Å². The van der Waals surface area contributed by atoms with Crippen LogP contribution in [0.3, 0.4) is 0 Å². The molecule has 5 rings (SSSR count). The number of thiocarbonyl (C=S) groups is 1. The molecule has 0 bridgehead atoms. The molecule has 0 spiro atoms. The van der Waals surface area contributed by atoms with Crippen molar-refractivity contribution in [3.63, 3.8) is 0 Å². The Kier molecular flexibility index (Phi) is 6.64. The molecule has 1 aliphatic heterocycles. The summed E-state index contributed by atoms with van der Waals surface area (Å²) >= 11 is 5.71. The Labute approximate surface area is 213 Å². The number of carbonyl (C=O) groups excluding carboxylic acids is 1. The summed E-state index contributed by atoms with van der Waals surface area (Å²) < 4.78 is 15.2. The SMILES string of the molecule is O=C(CCN1C(=S)N[C@H](c2ccccn2)[C@@H]1c1cccn1-c1ccc(O)cc1)Nc1ccc(F)cc1. The predicted octanol–water partition coefficient (Wildman–Crippen LogP) is 4.72. The smallest absolute Gasteiger partial charge is 0.226 e. The van der Waals surface area contributed by atoms with E-state index in [-0.39, 0.29) is 36.0 Å². The van der Waals surface area contributed by atoms with Crippen LogP contribution in [0.2, 0.25) is 0 Å². The molecule has 1 aliphatic rings. The fraction of sp³-hybridized carbons (Fsp3) is 0.148. The van der Waals surface area contributed by atoms with Crippen molar-refractivity contribution in [2.45, 2.75) is 18.5 Å². The second-order valence-corrected chi connectivity index (χ2v) is 8.83. The number of phenolic OH excluding ortho intramolecular Hbond substituents is 1. The average molecular weight is 502 g/mol. The monoisotopic (exact) mass is 501 g/mol. The van der Waals surface area contributed by atoms with Gasteiger partial charge in [-0.25, -0.2) is 4.39 Å². The number of anilines is 1. The summed E-state index contributed by atoms with van der Waals surface area (Å²) in [6.45, 7) is 0.369. The van der Waals surface area contributed by atoms with Crippen molar-refractivity contribution in [3.8, 4) is 11.4 Å². The van der Waals surface area contributed by atoms with Crippen LogP contribution in [-0.2, 0) is 4.79 Å². The van der Waals surface area contributed by atoms with Gasteiger partial charge in [-0.15, -0.1) is 0 Å². The van der Waals surface area contributed by atoms with Gasteiger partial charge in [-0.2, -0.15) is 0 Å². The maximum absolute atomic E-state index is 13.2. The highest BCUT2D eigenvalue weighted by Crippen LogP contribution is 2.39. The molecule has 0 unspecified atom stereocenters. The van der Waals surface area contributed by atoms with Crippen molar-refractivity contribution < 1.29 is 14.3 Å². The molecule has 0 radical (unpaired) electrons. The van der Waals surface area contributed by atoms with E-state index < -0.39 is 0 Å². The lowest BCUT2D eigenvalue weighted by molar-refractivity contribution is -0.116. The van der Waals surface area contributed by atoms with Gasteiger partial charge in [0.15, 0.2) is 5.11 Å². The van der Waals surface area contributed by atoms with E-state index in [1.54, 1.807) is 18.3 Å². The van der Waals surface area contributed by atoms with E-state index in [4.69, 9.17) is 12.2 Å². The number of nitrogens with one attached hydrogen (secondary N) is 2. The highest BCUT2D eigenvalue weighted by molar-refractivity contribution is 7.80. The first-order valence-corrected chi connectivity index (χ1v) is 11.9. The summed E-state index contributed by atoms with van der Waals surface area (Å²) in [4.78, 5) is 19.3. The number of rotatable bonds is 7. The molecule has 3 heterocycles. The molecule has 1 amide bonds. The van der Waals surface area contributed by atoms with Gasteiger partial charge in [-0.1, -0.05) is 6.07 Å². The molecule has 1 saturated heterocycles. The van der Waals surface area contributed by atoms with Gasteiger partial charge in [0.05, 0.1) is 17.8 Å². The summed E-state index contributed by atoms with van der Waals surface area (Å²) in [5.41, 5.74) is 3.22. The Hall–Kier alpha value is -4.24. The van der Waals surface area contributed by atoms with E-state index in [9.17, 15) is 14.3 Å². The van der Waals surface area contributed by atoms with Crippen molar-refractivity contribution in [1.29, 1.82) is 0 Å². The van der Waals surface area contributed by atoms with Crippen LogP contribution in [0.15, 0.2) is 91.3 Å². The second-order valence-electron chi connectivity index (χ2n) is 8.44. The first-order valence-electron chi connectivity index (χ1n) is 11.5. The zero-order valence-electron chi connectivity index (χ0n) is 19.2. The van der Waals surface area contributed by atoms with Crippen molar-refractivity contribution in [2.24, 2.45) is 0 Å². The van der Waals surface area contributed by atoms with Gasteiger partial charge in [-0.3, -0.25) is 9.78 Å². The van der Waals surface area contributed by atoms with Gasteiger partial charge in [0.25, 0.3) is 0 Å². The van der Waals surface area contributed by atoms with Crippen LogP contribution < -0.4 is 10.6 Å². The first-order chi connectivity index (χ1) is 17.5. The molecule has 3 N–H and O–H groups in total. The number of amides is 1. The van der Waals surface area contributed by atoms with Crippen molar-refractivity contribution in [1.82, 2.24) is 19.8 Å². The van der Waals surface area contributed by atoms with Crippen LogP contribution in [0.25, 0.3) is 5.69 Å². The molecular formula is C27H24FN5O2S. The Morgan fingerprint density at radius 2 is 1.83 bits per heavy atom. The number of carbonyl (C=O) groups is 1. The standard InChI is InChI=1S/C27H24FN5O2S/c28-18-6-8-19(9-7-18)30-24(35)14-17-33-26(25(31-27(33)36)22-4-1-2-15-29-22)23-5-3-16-32(23)20-10-12-21(34)13-11-20/h1-13,15-16,25-26,34H,14,17H2,(H,30,35)(H,31,36)/t25-,26+/m1/s1. The normalized spacial score (nSPS) is 17.1. The van der Waals surface area contributed by atoms with Crippen LogP contribution in [-0.4, -0.2) is 37.1 Å². The minimum Gasteiger partial charge on any atom is -0.508 e. The molecule has 182 valence electrons. The zero-order valence-corrected chi connectivity index (χ0v) is 20.0. The van der Waals surface area contributed by atoms with Crippen LogP contribution in [0, 0.1) is 5.82 Å². The zero-order chi connectivity index (χ0) is 25.1.